The van der Waals surface area contributed by atoms with E-state index < -0.39 is 0 Å². The van der Waals surface area contributed by atoms with Crippen molar-refractivity contribution < 1.29 is 9.84 Å². The summed E-state index contributed by atoms with van der Waals surface area (Å²) in [5.74, 6) is 0. The van der Waals surface area contributed by atoms with Crippen LogP contribution in [0.5, 0.6) is 0 Å². The summed E-state index contributed by atoms with van der Waals surface area (Å²) in [6, 6.07) is 8.35. The predicted molar refractivity (Wildman–Crippen MR) is 77.6 cm³/mol. The van der Waals surface area contributed by atoms with Gasteiger partial charge in [0, 0.05) is 43.7 Å². The number of hydrogen-bond donors (Lipinski definition) is 3. The number of hydrogen-bond acceptors (Lipinski definition) is 5. The van der Waals surface area contributed by atoms with E-state index in [0.717, 1.165) is 32.0 Å². The Bertz CT molecular complexity index is 363. The lowest BCUT2D eigenvalue weighted by molar-refractivity contribution is 0.122. The number of aliphatic hydroxyl groups is 1. The highest BCUT2D eigenvalue weighted by molar-refractivity contribution is 5.55. The molecule has 1 aromatic rings. The third-order valence-corrected chi connectivity index (χ3v) is 3.31. The van der Waals surface area contributed by atoms with Gasteiger partial charge in [0.05, 0.1) is 13.2 Å². The first kappa shape index (κ1) is 14.1. The number of aliphatic hydroxyl groups excluding tert-OH is 1. The summed E-state index contributed by atoms with van der Waals surface area (Å²) in [5, 5.41) is 12.1. The van der Waals surface area contributed by atoms with Crippen LogP contribution in [0.1, 0.15) is 6.42 Å². The van der Waals surface area contributed by atoms with Gasteiger partial charge in [-0.15, -0.1) is 0 Å². The van der Waals surface area contributed by atoms with Crippen LogP contribution in [0.15, 0.2) is 24.3 Å². The van der Waals surface area contributed by atoms with E-state index in [1.807, 2.05) is 0 Å². The van der Waals surface area contributed by atoms with Gasteiger partial charge in [0.15, 0.2) is 0 Å². The Balaban J connectivity index is 1.83. The average molecular weight is 265 g/mol. The minimum atomic E-state index is -0.0103. The van der Waals surface area contributed by atoms with Crippen molar-refractivity contribution in [1.82, 2.24) is 0 Å². The van der Waals surface area contributed by atoms with Crippen molar-refractivity contribution in [3.63, 3.8) is 0 Å². The zero-order valence-corrected chi connectivity index (χ0v) is 11.2. The van der Waals surface area contributed by atoms with Gasteiger partial charge in [-0.3, -0.25) is 0 Å². The van der Waals surface area contributed by atoms with E-state index >= 15 is 0 Å². The van der Waals surface area contributed by atoms with Crippen molar-refractivity contribution in [3.8, 4) is 0 Å². The first-order chi connectivity index (χ1) is 9.29. The van der Waals surface area contributed by atoms with E-state index in [1.165, 1.54) is 5.69 Å². The number of nitrogens with zero attached hydrogens (tertiary/aromatic N) is 1. The minimum absolute atomic E-state index is 0.0103. The molecule has 0 unspecified atom stereocenters. The summed E-state index contributed by atoms with van der Waals surface area (Å²) in [7, 11) is 0. The van der Waals surface area contributed by atoms with Gasteiger partial charge in [-0.25, -0.2) is 0 Å². The lowest BCUT2D eigenvalue weighted by Gasteiger charge is -2.29. The molecule has 0 radical (unpaired) electrons. The molecule has 0 aliphatic carbocycles. The van der Waals surface area contributed by atoms with E-state index in [-0.39, 0.29) is 12.6 Å². The van der Waals surface area contributed by atoms with Gasteiger partial charge >= 0.3 is 0 Å². The zero-order chi connectivity index (χ0) is 13.5. The Morgan fingerprint density at radius 2 is 1.95 bits per heavy atom. The van der Waals surface area contributed by atoms with Crippen LogP contribution in [-0.2, 0) is 4.74 Å². The zero-order valence-electron chi connectivity index (χ0n) is 11.2. The standard InChI is InChI=1S/C14H23N3O2/c15-12(5-8-18)11-16-13-1-3-14(4-2-13)17-6-9-19-10-7-17/h1-4,12,16,18H,5-11,15H2/t12-/m0/s1. The second kappa shape index (κ2) is 7.33. The normalized spacial score (nSPS) is 17.3. The molecule has 0 amide bonds. The number of nitrogens with one attached hydrogen (secondary N) is 1. The quantitative estimate of drug-likeness (QED) is 0.704. The maximum absolute atomic E-state index is 8.79. The summed E-state index contributed by atoms with van der Waals surface area (Å²) < 4.78 is 5.34. The second-order valence-electron chi connectivity index (χ2n) is 4.80. The molecule has 1 fully saturated rings. The summed E-state index contributed by atoms with van der Waals surface area (Å²) in [5.41, 5.74) is 8.12. The highest BCUT2D eigenvalue weighted by Crippen LogP contribution is 2.18. The monoisotopic (exact) mass is 265 g/mol. The molecule has 106 valence electrons. The molecular weight excluding hydrogens is 242 g/mol. The molecule has 1 heterocycles. The average Bonchev–Trinajstić information content (AvgIpc) is 2.47. The van der Waals surface area contributed by atoms with Crippen molar-refractivity contribution >= 4 is 11.4 Å². The lowest BCUT2D eigenvalue weighted by Crippen LogP contribution is -2.36. The van der Waals surface area contributed by atoms with Gasteiger partial charge in [0.1, 0.15) is 0 Å². The molecule has 0 saturated carbocycles. The molecule has 1 atom stereocenters. The molecule has 0 aromatic heterocycles. The van der Waals surface area contributed by atoms with Crippen LogP contribution in [0.2, 0.25) is 0 Å². The molecule has 5 nitrogen and oxygen atoms in total. The molecular formula is C14H23N3O2. The summed E-state index contributed by atoms with van der Waals surface area (Å²) in [4.78, 5) is 2.32. The smallest absolute Gasteiger partial charge is 0.0642 e. The highest BCUT2D eigenvalue weighted by atomic mass is 16.5. The number of nitrogens with two attached hydrogens (primary N) is 1. The Kier molecular flexibility index (Phi) is 5.44. The number of anilines is 2. The maximum atomic E-state index is 8.79. The van der Waals surface area contributed by atoms with Crippen LogP contribution < -0.4 is 16.0 Å². The van der Waals surface area contributed by atoms with Crippen LogP contribution in [0.3, 0.4) is 0 Å². The minimum Gasteiger partial charge on any atom is -0.396 e. The van der Waals surface area contributed by atoms with Crippen LogP contribution in [0.25, 0.3) is 0 Å². The van der Waals surface area contributed by atoms with Crippen molar-refractivity contribution in [3.05, 3.63) is 24.3 Å². The van der Waals surface area contributed by atoms with Crippen LogP contribution >= 0.6 is 0 Å². The van der Waals surface area contributed by atoms with Crippen LogP contribution in [0.4, 0.5) is 11.4 Å². The van der Waals surface area contributed by atoms with Crippen LogP contribution in [-0.4, -0.2) is 50.6 Å². The van der Waals surface area contributed by atoms with E-state index in [9.17, 15) is 0 Å². The van der Waals surface area contributed by atoms with Gasteiger partial charge in [-0.1, -0.05) is 0 Å². The molecule has 4 N–H and O–H groups in total. The number of morpholine rings is 1. The molecule has 2 rings (SSSR count). The second-order valence-corrected chi connectivity index (χ2v) is 4.80. The summed E-state index contributed by atoms with van der Waals surface area (Å²) in [6.45, 7) is 4.32. The van der Waals surface area contributed by atoms with Crippen molar-refractivity contribution in [2.24, 2.45) is 5.73 Å². The molecule has 1 aliphatic rings. The third-order valence-electron chi connectivity index (χ3n) is 3.31. The largest absolute Gasteiger partial charge is 0.396 e. The highest BCUT2D eigenvalue weighted by Gasteiger charge is 2.10. The Morgan fingerprint density at radius 3 is 2.58 bits per heavy atom. The van der Waals surface area contributed by atoms with Gasteiger partial charge in [-0.2, -0.15) is 0 Å². The van der Waals surface area contributed by atoms with E-state index in [0.29, 0.717) is 13.0 Å². The molecule has 1 aliphatic heterocycles. The fraction of sp³-hybridized carbons (Fsp3) is 0.571. The maximum Gasteiger partial charge on any atom is 0.0642 e. The van der Waals surface area contributed by atoms with Gasteiger partial charge in [-0.05, 0) is 30.7 Å². The Labute approximate surface area is 114 Å². The molecule has 19 heavy (non-hydrogen) atoms. The molecule has 5 heteroatoms. The Morgan fingerprint density at radius 1 is 1.26 bits per heavy atom. The Hall–Kier alpha value is -1.30. The predicted octanol–water partition coefficient (Wildman–Crippen LogP) is 0.645. The third kappa shape index (κ3) is 4.38. The van der Waals surface area contributed by atoms with Gasteiger partial charge < -0.3 is 25.8 Å². The first-order valence-corrected chi connectivity index (χ1v) is 6.82. The van der Waals surface area contributed by atoms with E-state index in [1.54, 1.807) is 0 Å². The summed E-state index contributed by atoms with van der Waals surface area (Å²) >= 11 is 0. The number of ether oxygens (including phenoxy) is 1. The van der Waals surface area contributed by atoms with Crippen molar-refractivity contribution in [1.29, 1.82) is 0 Å². The lowest BCUT2D eigenvalue weighted by atomic mass is 10.2. The van der Waals surface area contributed by atoms with E-state index in [4.69, 9.17) is 15.6 Å². The first-order valence-electron chi connectivity index (χ1n) is 6.82. The topological polar surface area (TPSA) is 70.8 Å². The number of benzene rings is 1. The number of rotatable bonds is 6. The van der Waals surface area contributed by atoms with Crippen molar-refractivity contribution in [2.75, 3.05) is 49.7 Å². The molecule has 1 aromatic carbocycles. The fourth-order valence-electron chi connectivity index (χ4n) is 2.13. The fourth-order valence-corrected chi connectivity index (χ4v) is 2.13. The van der Waals surface area contributed by atoms with Gasteiger partial charge in [0.2, 0.25) is 0 Å². The molecule has 1 saturated heterocycles. The van der Waals surface area contributed by atoms with Gasteiger partial charge in [0.25, 0.3) is 0 Å². The molecule has 0 spiro atoms. The SMILES string of the molecule is N[C@@H](CCO)CNc1ccc(N2CCOCC2)cc1. The summed E-state index contributed by atoms with van der Waals surface area (Å²) in [6.07, 6.45) is 0.624. The molecule has 0 bridgehead atoms. The van der Waals surface area contributed by atoms with Crippen molar-refractivity contribution in [2.45, 2.75) is 12.5 Å². The van der Waals surface area contributed by atoms with E-state index in [2.05, 4.69) is 34.5 Å². The van der Waals surface area contributed by atoms with Crippen LogP contribution in [0, 0.1) is 0 Å².